The van der Waals surface area contributed by atoms with Crippen LogP contribution < -0.4 is 14.8 Å². The van der Waals surface area contributed by atoms with E-state index in [1.54, 1.807) is 7.11 Å². The molecule has 0 aliphatic carbocycles. The summed E-state index contributed by atoms with van der Waals surface area (Å²) in [5, 5.41) is 3.49. The van der Waals surface area contributed by atoms with Gasteiger partial charge in [-0.3, -0.25) is 9.88 Å². The standard InChI is InChI=1S/C21H29N3O2/c1-3-26-20-9-8-17(15-21(20)25-2)19(16-18-7-4-5-11-23-18)24-13-6-10-22-12-14-24/h4-5,7-9,11,15,19,22H,3,6,10,12-14,16H2,1-2H3. The molecule has 3 rings (SSSR count). The van der Waals surface area contributed by atoms with Crippen LogP contribution in [0.25, 0.3) is 0 Å². The maximum absolute atomic E-state index is 5.69. The second-order valence-corrected chi connectivity index (χ2v) is 6.52. The molecule has 26 heavy (non-hydrogen) atoms. The van der Waals surface area contributed by atoms with E-state index in [0.29, 0.717) is 6.61 Å². The maximum Gasteiger partial charge on any atom is 0.161 e. The van der Waals surface area contributed by atoms with E-state index in [2.05, 4.69) is 39.5 Å². The van der Waals surface area contributed by atoms with Crippen LogP contribution >= 0.6 is 0 Å². The fourth-order valence-corrected chi connectivity index (χ4v) is 3.52. The van der Waals surface area contributed by atoms with Gasteiger partial charge in [0.25, 0.3) is 0 Å². The topological polar surface area (TPSA) is 46.6 Å². The SMILES string of the molecule is CCOc1ccc(C(Cc2ccccn2)N2CCCNCC2)cc1OC. The van der Waals surface area contributed by atoms with E-state index in [-0.39, 0.29) is 6.04 Å². The van der Waals surface area contributed by atoms with Crippen LogP contribution in [0.4, 0.5) is 0 Å². The maximum atomic E-state index is 5.69. The number of nitrogens with zero attached hydrogens (tertiary/aromatic N) is 2. The van der Waals surface area contributed by atoms with Crippen molar-refractivity contribution >= 4 is 0 Å². The van der Waals surface area contributed by atoms with Crippen LogP contribution in [-0.2, 0) is 6.42 Å². The number of ether oxygens (including phenoxy) is 2. The summed E-state index contributed by atoms with van der Waals surface area (Å²) < 4.78 is 11.3. The van der Waals surface area contributed by atoms with Crippen molar-refractivity contribution in [1.29, 1.82) is 0 Å². The summed E-state index contributed by atoms with van der Waals surface area (Å²) in [5.74, 6) is 1.59. The minimum absolute atomic E-state index is 0.273. The molecule has 1 aromatic heterocycles. The van der Waals surface area contributed by atoms with Crippen LogP contribution in [0.1, 0.15) is 30.6 Å². The van der Waals surface area contributed by atoms with Crippen molar-refractivity contribution in [1.82, 2.24) is 15.2 Å². The van der Waals surface area contributed by atoms with Crippen LogP contribution in [0.15, 0.2) is 42.6 Å². The zero-order chi connectivity index (χ0) is 18.2. The molecule has 1 aromatic carbocycles. The predicted molar refractivity (Wildman–Crippen MR) is 104 cm³/mol. The molecule has 1 atom stereocenters. The molecule has 1 N–H and O–H groups in total. The van der Waals surface area contributed by atoms with E-state index in [4.69, 9.17) is 9.47 Å². The third-order valence-corrected chi connectivity index (χ3v) is 4.82. The Kier molecular flexibility index (Phi) is 6.86. The normalized spacial score (nSPS) is 16.7. The number of rotatable bonds is 7. The molecular formula is C21H29N3O2. The van der Waals surface area contributed by atoms with E-state index in [1.807, 2.05) is 25.3 Å². The Morgan fingerprint density at radius 3 is 2.85 bits per heavy atom. The van der Waals surface area contributed by atoms with Gasteiger partial charge in [0.1, 0.15) is 0 Å². The molecule has 0 bridgehead atoms. The number of hydrogen-bond acceptors (Lipinski definition) is 5. The molecule has 5 nitrogen and oxygen atoms in total. The zero-order valence-corrected chi connectivity index (χ0v) is 15.8. The van der Waals surface area contributed by atoms with E-state index in [1.165, 1.54) is 5.56 Å². The second-order valence-electron chi connectivity index (χ2n) is 6.52. The molecule has 1 aliphatic heterocycles. The molecule has 0 saturated carbocycles. The van der Waals surface area contributed by atoms with Gasteiger partial charge in [-0.25, -0.2) is 0 Å². The van der Waals surface area contributed by atoms with Gasteiger partial charge in [-0.15, -0.1) is 0 Å². The first-order chi connectivity index (χ1) is 12.8. The summed E-state index contributed by atoms with van der Waals surface area (Å²) in [6.07, 6.45) is 3.92. The third-order valence-electron chi connectivity index (χ3n) is 4.82. The fourth-order valence-electron chi connectivity index (χ4n) is 3.52. The van der Waals surface area contributed by atoms with E-state index < -0.39 is 0 Å². The van der Waals surface area contributed by atoms with Crippen LogP contribution in [0, 0.1) is 0 Å². The molecule has 1 unspecified atom stereocenters. The molecule has 2 aromatic rings. The first kappa shape index (κ1) is 18.7. The average molecular weight is 355 g/mol. The molecule has 1 fully saturated rings. The monoisotopic (exact) mass is 355 g/mol. The van der Waals surface area contributed by atoms with Gasteiger partial charge in [-0.05, 0) is 49.7 Å². The molecule has 0 radical (unpaired) electrons. The van der Waals surface area contributed by atoms with Gasteiger partial charge in [0.2, 0.25) is 0 Å². The third kappa shape index (κ3) is 4.74. The number of benzene rings is 1. The van der Waals surface area contributed by atoms with Crippen LogP contribution in [0.2, 0.25) is 0 Å². The van der Waals surface area contributed by atoms with Crippen molar-refractivity contribution in [2.24, 2.45) is 0 Å². The summed E-state index contributed by atoms with van der Waals surface area (Å²) in [6.45, 7) is 6.84. The van der Waals surface area contributed by atoms with Gasteiger partial charge in [0.15, 0.2) is 11.5 Å². The Balaban J connectivity index is 1.91. The van der Waals surface area contributed by atoms with Gasteiger partial charge in [0, 0.05) is 44.0 Å². The summed E-state index contributed by atoms with van der Waals surface area (Å²) in [7, 11) is 1.70. The zero-order valence-electron chi connectivity index (χ0n) is 15.8. The van der Waals surface area contributed by atoms with Crippen molar-refractivity contribution in [2.45, 2.75) is 25.8 Å². The van der Waals surface area contributed by atoms with E-state index in [9.17, 15) is 0 Å². The summed E-state index contributed by atoms with van der Waals surface area (Å²) in [4.78, 5) is 7.11. The van der Waals surface area contributed by atoms with E-state index in [0.717, 1.165) is 56.2 Å². The molecule has 140 valence electrons. The predicted octanol–water partition coefficient (Wildman–Crippen LogP) is 3.07. The van der Waals surface area contributed by atoms with Crippen molar-refractivity contribution < 1.29 is 9.47 Å². The molecule has 5 heteroatoms. The number of nitrogens with one attached hydrogen (secondary N) is 1. The first-order valence-electron chi connectivity index (χ1n) is 9.47. The highest BCUT2D eigenvalue weighted by Crippen LogP contribution is 2.33. The van der Waals surface area contributed by atoms with Gasteiger partial charge in [-0.2, -0.15) is 0 Å². The van der Waals surface area contributed by atoms with E-state index >= 15 is 0 Å². The Hall–Kier alpha value is -2.11. The lowest BCUT2D eigenvalue weighted by atomic mass is 9.99. The lowest BCUT2D eigenvalue weighted by Crippen LogP contribution is -2.33. The summed E-state index contributed by atoms with van der Waals surface area (Å²) in [6, 6.07) is 12.7. The molecule has 0 amide bonds. The minimum atomic E-state index is 0.273. The van der Waals surface area contributed by atoms with Crippen molar-refractivity contribution in [3.8, 4) is 11.5 Å². The molecule has 1 saturated heterocycles. The number of pyridine rings is 1. The van der Waals surface area contributed by atoms with Gasteiger partial charge < -0.3 is 14.8 Å². The highest BCUT2D eigenvalue weighted by Gasteiger charge is 2.23. The summed E-state index contributed by atoms with van der Waals surface area (Å²) >= 11 is 0. The van der Waals surface area contributed by atoms with Gasteiger partial charge >= 0.3 is 0 Å². The number of hydrogen-bond donors (Lipinski definition) is 1. The number of aromatic nitrogens is 1. The van der Waals surface area contributed by atoms with Crippen LogP contribution in [-0.4, -0.2) is 49.8 Å². The number of methoxy groups -OCH3 is 1. The van der Waals surface area contributed by atoms with Gasteiger partial charge in [0.05, 0.1) is 13.7 Å². The molecular weight excluding hydrogens is 326 g/mol. The van der Waals surface area contributed by atoms with Crippen LogP contribution in [0.5, 0.6) is 11.5 Å². The Morgan fingerprint density at radius 2 is 2.08 bits per heavy atom. The fraction of sp³-hybridized carbons (Fsp3) is 0.476. The Labute approximate surface area is 156 Å². The minimum Gasteiger partial charge on any atom is -0.493 e. The lowest BCUT2D eigenvalue weighted by Gasteiger charge is -2.31. The molecule has 0 spiro atoms. The Bertz CT molecular complexity index is 670. The molecule has 1 aliphatic rings. The highest BCUT2D eigenvalue weighted by atomic mass is 16.5. The quantitative estimate of drug-likeness (QED) is 0.827. The largest absolute Gasteiger partial charge is 0.493 e. The molecule has 2 heterocycles. The first-order valence-corrected chi connectivity index (χ1v) is 9.47. The van der Waals surface area contributed by atoms with Crippen molar-refractivity contribution in [3.05, 3.63) is 53.9 Å². The smallest absolute Gasteiger partial charge is 0.161 e. The Morgan fingerprint density at radius 1 is 1.15 bits per heavy atom. The lowest BCUT2D eigenvalue weighted by molar-refractivity contribution is 0.207. The summed E-state index contributed by atoms with van der Waals surface area (Å²) in [5.41, 5.74) is 2.36. The average Bonchev–Trinajstić information content (AvgIpc) is 2.97. The van der Waals surface area contributed by atoms with Crippen LogP contribution in [0.3, 0.4) is 0 Å². The highest BCUT2D eigenvalue weighted by molar-refractivity contribution is 5.44. The van der Waals surface area contributed by atoms with Crippen molar-refractivity contribution in [2.75, 3.05) is 39.9 Å². The second kappa shape index (κ2) is 9.55. The van der Waals surface area contributed by atoms with Crippen molar-refractivity contribution in [3.63, 3.8) is 0 Å². The van der Waals surface area contributed by atoms with Gasteiger partial charge in [-0.1, -0.05) is 12.1 Å².